The number of likely N-dealkylation sites (tertiary alicyclic amines) is 1. The SMILES string of the molecule is CCNC(=NCc1cccc(C)c1)N1CCC(C(=O)OC)CC1.I. The van der Waals surface area contributed by atoms with Crippen LogP contribution in [0.1, 0.15) is 30.9 Å². The van der Waals surface area contributed by atoms with E-state index in [0.717, 1.165) is 38.4 Å². The molecule has 0 atom stereocenters. The smallest absolute Gasteiger partial charge is 0.308 e. The van der Waals surface area contributed by atoms with Crippen molar-refractivity contribution >= 4 is 35.9 Å². The van der Waals surface area contributed by atoms with Crippen LogP contribution in [0.25, 0.3) is 0 Å². The van der Waals surface area contributed by atoms with E-state index in [4.69, 9.17) is 9.73 Å². The fraction of sp³-hybridized carbons (Fsp3) is 0.556. The van der Waals surface area contributed by atoms with E-state index < -0.39 is 0 Å². The van der Waals surface area contributed by atoms with Gasteiger partial charge >= 0.3 is 5.97 Å². The van der Waals surface area contributed by atoms with Crippen LogP contribution in [0.4, 0.5) is 0 Å². The molecular formula is C18H28IN3O2. The summed E-state index contributed by atoms with van der Waals surface area (Å²) in [6.07, 6.45) is 1.64. The van der Waals surface area contributed by atoms with Crippen molar-refractivity contribution in [1.82, 2.24) is 10.2 Å². The lowest BCUT2D eigenvalue weighted by Gasteiger charge is -2.33. The van der Waals surface area contributed by atoms with Crippen LogP contribution in [-0.4, -0.2) is 43.6 Å². The summed E-state index contributed by atoms with van der Waals surface area (Å²) >= 11 is 0. The number of halogens is 1. The van der Waals surface area contributed by atoms with Crippen molar-refractivity contribution in [2.45, 2.75) is 33.2 Å². The Balaban J connectivity index is 0.00000288. The summed E-state index contributed by atoms with van der Waals surface area (Å²) in [5, 5.41) is 3.35. The van der Waals surface area contributed by atoms with Gasteiger partial charge in [0.2, 0.25) is 0 Å². The van der Waals surface area contributed by atoms with Crippen molar-refractivity contribution in [3.05, 3.63) is 35.4 Å². The lowest BCUT2D eigenvalue weighted by Crippen LogP contribution is -2.46. The minimum absolute atomic E-state index is 0. The number of aliphatic imine (C=N–C) groups is 1. The summed E-state index contributed by atoms with van der Waals surface area (Å²) in [6.45, 7) is 7.34. The van der Waals surface area contributed by atoms with Crippen LogP contribution in [-0.2, 0) is 16.1 Å². The van der Waals surface area contributed by atoms with E-state index in [1.165, 1.54) is 18.2 Å². The standard InChI is InChI=1S/C18H27N3O2.HI/c1-4-19-18(20-13-15-7-5-6-14(2)12-15)21-10-8-16(9-11-21)17(22)23-3;/h5-7,12,16H,4,8-11,13H2,1-3H3,(H,19,20);1H. The summed E-state index contributed by atoms with van der Waals surface area (Å²) in [5.41, 5.74) is 2.46. The molecule has 0 spiro atoms. The Morgan fingerprint density at radius 1 is 1.38 bits per heavy atom. The number of carbonyl (C=O) groups is 1. The van der Waals surface area contributed by atoms with E-state index in [1.54, 1.807) is 0 Å². The van der Waals surface area contributed by atoms with Crippen molar-refractivity contribution in [3.63, 3.8) is 0 Å². The molecule has 134 valence electrons. The van der Waals surface area contributed by atoms with Gasteiger partial charge in [-0.25, -0.2) is 4.99 Å². The van der Waals surface area contributed by atoms with E-state index in [1.807, 2.05) is 0 Å². The van der Waals surface area contributed by atoms with Crippen molar-refractivity contribution in [3.8, 4) is 0 Å². The number of benzene rings is 1. The molecule has 24 heavy (non-hydrogen) atoms. The van der Waals surface area contributed by atoms with Crippen LogP contribution < -0.4 is 5.32 Å². The van der Waals surface area contributed by atoms with Gasteiger partial charge in [0.25, 0.3) is 0 Å². The minimum atomic E-state index is -0.0913. The second kappa shape index (κ2) is 10.5. The maximum Gasteiger partial charge on any atom is 0.308 e. The largest absolute Gasteiger partial charge is 0.469 e. The fourth-order valence-electron chi connectivity index (χ4n) is 2.90. The molecule has 1 saturated heterocycles. The normalized spacial score (nSPS) is 15.6. The zero-order valence-corrected chi connectivity index (χ0v) is 17.1. The Bertz CT molecular complexity index is 555. The molecule has 0 aromatic heterocycles. The molecule has 0 amide bonds. The Morgan fingerprint density at radius 2 is 2.08 bits per heavy atom. The molecule has 1 aromatic rings. The maximum atomic E-state index is 11.6. The monoisotopic (exact) mass is 445 g/mol. The van der Waals surface area contributed by atoms with Crippen LogP contribution in [0, 0.1) is 12.8 Å². The molecule has 1 aromatic carbocycles. The molecular weight excluding hydrogens is 417 g/mol. The fourth-order valence-corrected chi connectivity index (χ4v) is 2.90. The highest BCUT2D eigenvalue weighted by molar-refractivity contribution is 14.0. The second-order valence-electron chi connectivity index (χ2n) is 5.94. The van der Waals surface area contributed by atoms with Gasteiger partial charge in [-0.1, -0.05) is 29.8 Å². The number of guanidine groups is 1. The van der Waals surface area contributed by atoms with Gasteiger partial charge < -0.3 is 15.0 Å². The molecule has 2 rings (SSSR count). The number of hydrogen-bond acceptors (Lipinski definition) is 3. The number of methoxy groups -OCH3 is 1. The van der Waals surface area contributed by atoms with E-state index >= 15 is 0 Å². The first kappa shape index (κ1) is 20.7. The number of rotatable bonds is 4. The van der Waals surface area contributed by atoms with E-state index in [0.29, 0.717) is 6.54 Å². The third-order valence-electron chi connectivity index (χ3n) is 4.16. The molecule has 0 aliphatic carbocycles. The van der Waals surface area contributed by atoms with Gasteiger partial charge in [-0.15, -0.1) is 24.0 Å². The van der Waals surface area contributed by atoms with Crippen LogP contribution in [0.5, 0.6) is 0 Å². The predicted octanol–water partition coefficient (Wildman–Crippen LogP) is 2.96. The highest BCUT2D eigenvalue weighted by Crippen LogP contribution is 2.18. The third kappa shape index (κ3) is 5.96. The van der Waals surface area contributed by atoms with Gasteiger partial charge in [0.1, 0.15) is 0 Å². The molecule has 0 radical (unpaired) electrons. The Labute approximate surface area is 161 Å². The molecule has 1 N–H and O–H groups in total. The van der Waals surface area contributed by atoms with E-state index in [9.17, 15) is 4.79 Å². The number of esters is 1. The first-order valence-electron chi connectivity index (χ1n) is 8.30. The number of nitrogens with zero attached hydrogens (tertiary/aromatic N) is 2. The Morgan fingerprint density at radius 3 is 2.67 bits per heavy atom. The number of aryl methyl sites for hydroxylation is 1. The molecule has 0 saturated carbocycles. The molecule has 0 bridgehead atoms. The van der Waals surface area contributed by atoms with Gasteiger partial charge in [0.15, 0.2) is 5.96 Å². The highest BCUT2D eigenvalue weighted by Gasteiger charge is 2.26. The topological polar surface area (TPSA) is 53.9 Å². The Hall–Kier alpha value is -1.31. The van der Waals surface area contributed by atoms with Gasteiger partial charge in [-0.3, -0.25) is 4.79 Å². The number of nitrogens with one attached hydrogen (secondary N) is 1. The summed E-state index contributed by atoms with van der Waals surface area (Å²) < 4.78 is 4.85. The number of ether oxygens (including phenoxy) is 1. The molecule has 1 aliphatic rings. The van der Waals surface area contributed by atoms with Crippen LogP contribution in [0.3, 0.4) is 0 Å². The summed E-state index contributed by atoms with van der Waals surface area (Å²) in [6, 6.07) is 8.42. The highest BCUT2D eigenvalue weighted by atomic mass is 127. The number of piperidine rings is 1. The lowest BCUT2D eigenvalue weighted by molar-refractivity contribution is -0.146. The molecule has 1 aliphatic heterocycles. The number of carbonyl (C=O) groups excluding carboxylic acids is 1. The maximum absolute atomic E-state index is 11.6. The van der Waals surface area contributed by atoms with Crippen molar-refractivity contribution in [1.29, 1.82) is 0 Å². The van der Waals surface area contributed by atoms with Crippen LogP contribution in [0.2, 0.25) is 0 Å². The average molecular weight is 445 g/mol. The van der Waals surface area contributed by atoms with Gasteiger partial charge in [0.05, 0.1) is 19.6 Å². The van der Waals surface area contributed by atoms with Crippen molar-refractivity contribution in [2.75, 3.05) is 26.7 Å². The first-order valence-corrected chi connectivity index (χ1v) is 8.30. The van der Waals surface area contributed by atoms with Gasteiger partial charge in [0, 0.05) is 19.6 Å². The predicted molar refractivity (Wildman–Crippen MR) is 108 cm³/mol. The molecule has 1 heterocycles. The lowest BCUT2D eigenvalue weighted by atomic mass is 9.97. The summed E-state index contributed by atoms with van der Waals surface area (Å²) in [7, 11) is 1.46. The average Bonchev–Trinajstić information content (AvgIpc) is 2.58. The van der Waals surface area contributed by atoms with Crippen LogP contribution in [0.15, 0.2) is 29.3 Å². The quantitative estimate of drug-likeness (QED) is 0.335. The van der Waals surface area contributed by atoms with Crippen molar-refractivity contribution in [2.24, 2.45) is 10.9 Å². The molecule has 6 heteroatoms. The third-order valence-corrected chi connectivity index (χ3v) is 4.16. The molecule has 0 unspecified atom stereocenters. The number of hydrogen-bond donors (Lipinski definition) is 1. The van der Waals surface area contributed by atoms with Crippen LogP contribution >= 0.6 is 24.0 Å². The van der Waals surface area contributed by atoms with Crippen molar-refractivity contribution < 1.29 is 9.53 Å². The summed E-state index contributed by atoms with van der Waals surface area (Å²) in [5.74, 6) is 0.861. The minimum Gasteiger partial charge on any atom is -0.469 e. The van der Waals surface area contributed by atoms with Gasteiger partial charge in [-0.05, 0) is 32.3 Å². The van der Waals surface area contributed by atoms with Gasteiger partial charge in [-0.2, -0.15) is 0 Å². The zero-order valence-electron chi connectivity index (χ0n) is 14.7. The Kier molecular flexibility index (Phi) is 9.10. The zero-order chi connectivity index (χ0) is 16.7. The molecule has 5 nitrogen and oxygen atoms in total. The second-order valence-corrected chi connectivity index (χ2v) is 5.94. The molecule has 1 fully saturated rings. The summed E-state index contributed by atoms with van der Waals surface area (Å²) in [4.78, 5) is 18.6. The first-order chi connectivity index (χ1) is 11.1. The van der Waals surface area contributed by atoms with E-state index in [2.05, 4.69) is 48.3 Å². The van der Waals surface area contributed by atoms with E-state index in [-0.39, 0.29) is 35.9 Å².